The maximum Gasteiger partial charge on any atom is 0.338 e. The summed E-state index contributed by atoms with van der Waals surface area (Å²) in [7, 11) is 0. The van der Waals surface area contributed by atoms with Gasteiger partial charge in [-0.1, -0.05) is 97.0 Å². The van der Waals surface area contributed by atoms with Gasteiger partial charge in [-0.2, -0.15) is 0 Å². The van der Waals surface area contributed by atoms with Crippen LogP contribution in [0.2, 0.25) is 0 Å². The number of para-hydroxylation sites is 1. The number of rotatable bonds is 5. The summed E-state index contributed by atoms with van der Waals surface area (Å²) in [5, 5.41) is 0. The molecule has 0 radical (unpaired) electrons. The SMILES string of the molecule is CC1(C)[C@H](OC(=O)c2ccccc2)CC[C@]2(C)C3=CC[C@@]4(C)[C@@H]5C[C@](C)(CC(=O)Oc6ccccc6)CC[C@]5(C)CC[C@]4(C)C3=CC[C@@H]12. The zero-order valence-corrected chi connectivity index (χ0v) is 30.4. The van der Waals surface area contributed by atoms with Crippen molar-refractivity contribution in [1.29, 1.82) is 0 Å². The molecule has 3 fully saturated rings. The van der Waals surface area contributed by atoms with Gasteiger partial charge in [-0.05, 0) is 132 Å². The third-order valence-corrected chi connectivity index (χ3v) is 15.1. The van der Waals surface area contributed by atoms with Gasteiger partial charge < -0.3 is 9.47 Å². The molecule has 5 aliphatic carbocycles. The van der Waals surface area contributed by atoms with Crippen LogP contribution in [0.3, 0.4) is 0 Å². The highest BCUT2D eigenvalue weighted by molar-refractivity contribution is 5.89. The number of hydrogen-bond donors (Lipinski definition) is 0. The van der Waals surface area contributed by atoms with Gasteiger partial charge in [0.15, 0.2) is 0 Å². The first-order chi connectivity index (χ1) is 22.6. The molecule has 0 aromatic heterocycles. The second kappa shape index (κ2) is 11.5. The van der Waals surface area contributed by atoms with Crippen molar-refractivity contribution in [1.82, 2.24) is 0 Å². The number of fused-ring (bicyclic) bond motifs is 7. The van der Waals surface area contributed by atoms with Crippen molar-refractivity contribution < 1.29 is 19.1 Å². The lowest BCUT2D eigenvalue weighted by molar-refractivity contribution is -0.154. The first kappa shape index (κ1) is 33.4. The van der Waals surface area contributed by atoms with Crippen LogP contribution in [0, 0.1) is 44.3 Å². The molecule has 0 saturated heterocycles. The van der Waals surface area contributed by atoms with Crippen molar-refractivity contribution in [2.24, 2.45) is 44.3 Å². The number of carbonyl (C=O) groups is 2. The van der Waals surface area contributed by atoms with Crippen molar-refractivity contribution in [3.8, 4) is 5.75 Å². The highest BCUT2D eigenvalue weighted by Crippen LogP contribution is 2.74. The van der Waals surface area contributed by atoms with E-state index in [9.17, 15) is 9.59 Å². The Balaban J connectivity index is 1.14. The molecule has 256 valence electrons. The number of esters is 2. The molecule has 48 heavy (non-hydrogen) atoms. The van der Waals surface area contributed by atoms with Gasteiger partial charge in [-0.15, -0.1) is 0 Å². The summed E-state index contributed by atoms with van der Waals surface area (Å²) in [6, 6.07) is 19.0. The first-order valence-electron chi connectivity index (χ1n) is 18.6. The molecule has 0 amide bonds. The normalized spacial score (nSPS) is 39.7. The number of ether oxygens (including phenoxy) is 2. The van der Waals surface area contributed by atoms with E-state index >= 15 is 0 Å². The molecular weight excluding hydrogens is 592 g/mol. The molecule has 4 nitrogen and oxygen atoms in total. The highest BCUT2D eigenvalue weighted by atomic mass is 16.5. The van der Waals surface area contributed by atoms with Crippen LogP contribution in [0.5, 0.6) is 5.75 Å². The van der Waals surface area contributed by atoms with E-state index in [-0.39, 0.29) is 50.5 Å². The summed E-state index contributed by atoms with van der Waals surface area (Å²) < 4.78 is 12.1. The molecule has 0 N–H and O–H groups in total. The maximum atomic E-state index is 13.2. The van der Waals surface area contributed by atoms with E-state index in [1.807, 2.05) is 60.7 Å². The monoisotopic (exact) mass is 648 g/mol. The fourth-order valence-corrected chi connectivity index (χ4v) is 11.8. The molecule has 2 aromatic rings. The topological polar surface area (TPSA) is 52.6 Å². The summed E-state index contributed by atoms with van der Waals surface area (Å²) in [6.07, 6.45) is 15.4. The standard InChI is InChI=1S/C44H56O4/c1-39(2)34-19-18-33-32(42(34,5)22-21-36(39)48-38(46)30-14-10-8-11-15-30)20-23-44(7)35-28-40(3,24-25-41(35,4)26-27-43(33,44)6)29-37(45)47-31-16-12-9-13-17-31/h8-18,20,34-36H,19,21-29H2,1-7H3/t34-,35+,36+,40+,41+,42+,43+,44-/m0/s1. The first-order valence-corrected chi connectivity index (χ1v) is 18.6. The van der Waals surface area contributed by atoms with E-state index < -0.39 is 0 Å². The fourth-order valence-electron chi connectivity index (χ4n) is 11.8. The second-order valence-corrected chi connectivity index (χ2v) is 18.2. The van der Waals surface area contributed by atoms with Gasteiger partial charge in [0.25, 0.3) is 0 Å². The molecule has 8 atom stereocenters. The lowest BCUT2D eigenvalue weighted by Gasteiger charge is -2.69. The van der Waals surface area contributed by atoms with Crippen LogP contribution in [-0.4, -0.2) is 18.0 Å². The summed E-state index contributed by atoms with van der Waals surface area (Å²) in [4.78, 5) is 26.4. The Kier molecular flexibility index (Phi) is 7.96. The predicted molar refractivity (Wildman–Crippen MR) is 191 cm³/mol. The third-order valence-electron chi connectivity index (χ3n) is 15.1. The summed E-state index contributed by atoms with van der Waals surface area (Å²) >= 11 is 0. The molecular formula is C44H56O4. The zero-order valence-electron chi connectivity index (χ0n) is 30.4. The molecule has 0 unspecified atom stereocenters. The largest absolute Gasteiger partial charge is 0.458 e. The third kappa shape index (κ3) is 5.14. The van der Waals surface area contributed by atoms with Gasteiger partial charge in [-0.3, -0.25) is 4.79 Å². The van der Waals surface area contributed by atoms with Crippen LogP contribution in [-0.2, 0) is 9.53 Å². The fraction of sp³-hybridized carbons (Fsp3) is 0.591. The zero-order chi connectivity index (χ0) is 34.2. The van der Waals surface area contributed by atoms with Crippen molar-refractivity contribution in [2.75, 3.05) is 0 Å². The van der Waals surface area contributed by atoms with Crippen molar-refractivity contribution in [2.45, 2.75) is 119 Å². The van der Waals surface area contributed by atoms with E-state index in [0.29, 0.717) is 29.6 Å². The van der Waals surface area contributed by atoms with Crippen LogP contribution in [0.25, 0.3) is 0 Å². The van der Waals surface area contributed by atoms with Gasteiger partial charge in [0.05, 0.1) is 12.0 Å². The average Bonchev–Trinajstić information content (AvgIpc) is 3.05. The average molecular weight is 649 g/mol. The highest BCUT2D eigenvalue weighted by Gasteiger charge is 2.66. The lowest BCUT2D eigenvalue weighted by Crippen LogP contribution is -2.61. The summed E-state index contributed by atoms with van der Waals surface area (Å²) in [6.45, 7) is 17.3. The predicted octanol–water partition coefficient (Wildman–Crippen LogP) is 10.9. The molecule has 0 aliphatic heterocycles. The van der Waals surface area contributed by atoms with Crippen molar-refractivity contribution >= 4 is 11.9 Å². The van der Waals surface area contributed by atoms with Crippen LogP contribution >= 0.6 is 0 Å². The van der Waals surface area contributed by atoms with Crippen molar-refractivity contribution in [3.05, 3.63) is 89.5 Å². The molecule has 2 aromatic carbocycles. The molecule has 3 saturated carbocycles. The minimum absolute atomic E-state index is 0.0522. The molecule has 0 bridgehead atoms. The molecule has 5 aliphatic rings. The molecule has 4 heteroatoms. The quantitative estimate of drug-likeness (QED) is 0.239. The Hall–Kier alpha value is -3.14. The number of benzene rings is 2. The Morgan fingerprint density at radius 2 is 1.42 bits per heavy atom. The van der Waals surface area contributed by atoms with E-state index in [4.69, 9.17) is 9.47 Å². The minimum atomic E-state index is -0.206. The second-order valence-electron chi connectivity index (χ2n) is 18.2. The summed E-state index contributed by atoms with van der Waals surface area (Å²) in [5.74, 6) is 1.25. The van der Waals surface area contributed by atoms with Gasteiger partial charge in [-0.25, -0.2) is 4.79 Å². The van der Waals surface area contributed by atoms with E-state index in [0.717, 1.165) is 38.5 Å². The van der Waals surface area contributed by atoms with Crippen LogP contribution in [0.1, 0.15) is 123 Å². The van der Waals surface area contributed by atoms with Crippen molar-refractivity contribution in [3.63, 3.8) is 0 Å². The molecule has 0 heterocycles. The van der Waals surface area contributed by atoms with Gasteiger partial charge in [0.1, 0.15) is 11.9 Å². The number of allylic oxidation sites excluding steroid dienone is 4. The summed E-state index contributed by atoms with van der Waals surface area (Å²) in [5.41, 5.74) is 4.12. The van der Waals surface area contributed by atoms with Gasteiger partial charge >= 0.3 is 11.9 Å². The number of hydrogen-bond acceptors (Lipinski definition) is 4. The smallest absolute Gasteiger partial charge is 0.338 e. The van der Waals surface area contributed by atoms with E-state index in [1.165, 1.54) is 19.3 Å². The van der Waals surface area contributed by atoms with Crippen LogP contribution in [0.15, 0.2) is 84.0 Å². The van der Waals surface area contributed by atoms with Gasteiger partial charge in [0, 0.05) is 5.41 Å². The Morgan fingerprint density at radius 3 is 2.12 bits per heavy atom. The molecule has 7 rings (SSSR count). The maximum absolute atomic E-state index is 13.2. The van der Waals surface area contributed by atoms with Crippen LogP contribution < -0.4 is 4.74 Å². The molecule has 0 spiro atoms. The number of carbonyl (C=O) groups excluding carboxylic acids is 2. The Labute approximate surface area is 288 Å². The lowest BCUT2D eigenvalue weighted by atomic mass is 9.35. The van der Waals surface area contributed by atoms with Gasteiger partial charge in [0.2, 0.25) is 0 Å². The van der Waals surface area contributed by atoms with E-state index in [1.54, 1.807) is 11.1 Å². The van der Waals surface area contributed by atoms with E-state index in [2.05, 4.69) is 60.6 Å². The van der Waals surface area contributed by atoms with Crippen LogP contribution in [0.4, 0.5) is 0 Å². The minimum Gasteiger partial charge on any atom is -0.458 e. The Bertz CT molecular complexity index is 1640. The Morgan fingerprint density at radius 1 is 0.750 bits per heavy atom.